The molecule has 124 valence electrons. The van der Waals surface area contributed by atoms with Gasteiger partial charge in [0.05, 0.1) is 6.61 Å². The van der Waals surface area contributed by atoms with E-state index >= 15 is 0 Å². The van der Waals surface area contributed by atoms with Crippen molar-refractivity contribution in [3.63, 3.8) is 0 Å². The zero-order valence-electron chi connectivity index (χ0n) is 13.6. The van der Waals surface area contributed by atoms with Gasteiger partial charge in [-0.2, -0.15) is 0 Å². The average molecular weight is 335 g/mol. The van der Waals surface area contributed by atoms with Gasteiger partial charge in [-0.05, 0) is 50.1 Å². The lowest BCUT2D eigenvalue weighted by atomic mass is 9.92. The SMILES string of the molecule is CCOc1ccc(NC(=O)C(C)(N)c2ccccc2)c(C)c1.Cl. The predicted octanol–water partition coefficient (Wildman–Crippen LogP) is 3.63. The predicted molar refractivity (Wildman–Crippen MR) is 96.2 cm³/mol. The third kappa shape index (κ3) is 4.47. The third-order valence-corrected chi connectivity index (χ3v) is 3.60. The number of hydrogen-bond donors (Lipinski definition) is 2. The van der Waals surface area contributed by atoms with E-state index in [9.17, 15) is 4.79 Å². The van der Waals surface area contributed by atoms with Crippen molar-refractivity contribution in [2.75, 3.05) is 11.9 Å². The molecule has 2 aromatic rings. The van der Waals surface area contributed by atoms with Crippen LogP contribution in [0.2, 0.25) is 0 Å². The number of nitrogens with one attached hydrogen (secondary N) is 1. The van der Waals surface area contributed by atoms with Crippen molar-refractivity contribution in [3.05, 3.63) is 59.7 Å². The number of hydrogen-bond acceptors (Lipinski definition) is 3. The average Bonchev–Trinajstić information content (AvgIpc) is 2.51. The van der Waals surface area contributed by atoms with Crippen LogP contribution in [0, 0.1) is 6.92 Å². The van der Waals surface area contributed by atoms with Crippen molar-refractivity contribution in [2.45, 2.75) is 26.3 Å². The van der Waals surface area contributed by atoms with Crippen LogP contribution >= 0.6 is 12.4 Å². The summed E-state index contributed by atoms with van der Waals surface area (Å²) in [6, 6.07) is 14.9. The fraction of sp³-hybridized carbons (Fsp3) is 0.278. The Morgan fingerprint density at radius 3 is 2.43 bits per heavy atom. The molecule has 0 aliphatic rings. The second-order valence-corrected chi connectivity index (χ2v) is 5.43. The molecular weight excluding hydrogens is 312 g/mol. The van der Waals surface area contributed by atoms with Gasteiger partial charge in [0.1, 0.15) is 11.3 Å². The molecule has 2 rings (SSSR count). The summed E-state index contributed by atoms with van der Waals surface area (Å²) in [6.45, 7) is 6.18. The molecule has 0 aromatic heterocycles. The van der Waals surface area contributed by atoms with Crippen LogP contribution in [-0.2, 0) is 10.3 Å². The Morgan fingerprint density at radius 1 is 1.22 bits per heavy atom. The molecule has 0 saturated carbocycles. The van der Waals surface area contributed by atoms with Gasteiger partial charge in [-0.1, -0.05) is 30.3 Å². The largest absolute Gasteiger partial charge is 0.494 e. The second-order valence-electron chi connectivity index (χ2n) is 5.43. The Balaban J connectivity index is 0.00000264. The fourth-order valence-electron chi connectivity index (χ4n) is 2.20. The van der Waals surface area contributed by atoms with Gasteiger partial charge in [-0.3, -0.25) is 4.79 Å². The van der Waals surface area contributed by atoms with Crippen molar-refractivity contribution in [3.8, 4) is 5.75 Å². The highest BCUT2D eigenvalue weighted by atomic mass is 35.5. The molecule has 0 spiro atoms. The summed E-state index contributed by atoms with van der Waals surface area (Å²) in [7, 11) is 0. The first-order chi connectivity index (χ1) is 10.4. The van der Waals surface area contributed by atoms with Crippen LogP contribution in [0.4, 0.5) is 5.69 Å². The molecule has 0 radical (unpaired) electrons. The molecule has 0 aliphatic carbocycles. The first-order valence-electron chi connectivity index (χ1n) is 7.34. The van der Waals surface area contributed by atoms with Crippen LogP contribution in [0.1, 0.15) is 25.0 Å². The first kappa shape index (κ1) is 19.0. The van der Waals surface area contributed by atoms with Crippen molar-refractivity contribution in [1.29, 1.82) is 0 Å². The van der Waals surface area contributed by atoms with Gasteiger partial charge in [0, 0.05) is 5.69 Å². The van der Waals surface area contributed by atoms with Crippen molar-refractivity contribution in [1.82, 2.24) is 0 Å². The number of nitrogens with two attached hydrogens (primary N) is 1. The Labute approximate surface area is 143 Å². The molecule has 2 aromatic carbocycles. The topological polar surface area (TPSA) is 64.3 Å². The number of halogens is 1. The van der Waals surface area contributed by atoms with Crippen LogP contribution < -0.4 is 15.8 Å². The number of amides is 1. The molecule has 0 aliphatic heterocycles. The van der Waals surface area contributed by atoms with Crippen molar-refractivity contribution in [2.24, 2.45) is 5.73 Å². The highest BCUT2D eigenvalue weighted by molar-refractivity contribution is 5.98. The number of benzene rings is 2. The quantitative estimate of drug-likeness (QED) is 0.877. The van der Waals surface area contributed by atoms with E-state index in [0.29, 0.717) is 6.61 Å². The van der Waals surface area contributed by atoms with Crippen molar-refractivity contribution >= 4 is 24.0 Å². The van der Waals surface area contributed by atoms with Crippen LogP contribution in [0.25, 0.3) is 0 Å². The van der Waals surface area contributed by atoms with Gasteiger partial charge in [0.2, 0.25) is 5.91 Å². The minimum Gasteiger partial charge on any atom is -0.494 e. The maximum atomic E-state index is 12.5. The highest BCUT2D eigenvalue weighted by Gasteiger charge is 2.30. The Kier molecular flexibility index (Phi) is 6.61. The molecule has 5 heteroatoms. The minimum atomic E-state index is -1.09. The lowest BCUT2D eigenvalue weighted by Crippen LogP contribution is -2.45. The molecule has 4 nitrogen and oxygen atoms in total. The summed E-state index contributed by atoms with van der Waals surface area (Å²) < 4.78 is 5.45. The van der Waals surface area contributed by atoms with Crippen LogP contribution in [-0.4, -0.2) is 12.5 Å². The van der Waals surface area contributed by atoms with E-state index < -0.39 is 5.54 Å². The highest BCUT2D eigenvalue weighted by Crippen LogP contribution is 2.24. The van der Waals surface area contributed by atoms with E-state index in [0.717, 1.165) is 22.6 Å². The van der Waals surface area contributed by atoms with E-state index in [4.69, 9.17) is 10.5 Å². The van der Waals surface area contributed by atoms with E-state index in [1.807, 2.05) is 62.4 Å². The summed E-state index contributed by atoms with van der Waals surface area (Å²) in [4.78, 5) is 12.5. The summed E-state index contributed by atoms with van der Waals surface area (Å²) >= 11 is 0. The van der Waals surface area contributed by atoms with Gasteiger partial charge in [-0.15, -0.1) is 12.4 Å². The molecule has 0 bridgehead atoms. The summed E-state index contributed by atoms with van der Waals surface area (Å²) in [5.41, 5.74) is 7.57. The summed E-state index contributed by atoms with van der Waals surface area (Å²) in [5.74, 6) is 0.544. The summed E-state index contributed by atoms with van der Waals surface area (Å²) in [6.07, 6.45) is 0. The number of anilines is 1. The van der Waals surface area contributed by atoms with Crippen molar-refractivity contribution < 1.29 is 9.53 Å². The molecular formula is C18H23ClN2O2. The standard InChI is InChI=1S/C18H22N2O2.ClH/c1-4-22-15-10-11-16(13(2)12-15)20-17(21)18(3,19)14-8-6-5-7-9-14;/h5-12H,4,19H2,1-3H3,(H,20,21);1H. The minimum absolute atomic E-state index is 0. The lowest BCUT2D eigenvalue weighted by Gasteiger charge is -2.24. The Morgan fingerprint density at radius 2 is 1.87 bits per heavy atom. The van der Waals surface area contributed by atoms with Gasteiger partial charge in [0.25, 0.3) is 0 Å². The zero-order valence-corrected chi connectivity index (χ0v) is 14.4. The molecule has 3 N–H and O–H groups in total. The fourth-order valence-corrected chi connectivity index (χ4v) is 2.20. The maximum absolute atomic E-state index is 12.5. The number of carbonyl (C=O) groups excluding carboxylic acids is 1. The smallest absolute Gasteiger partial charge is 0.248 e. The first-order valence-corrected chi connectivity index (χ1v) is 7.34. The van der Waals surface area contributed by atoms with E-state index in [1.54, 1.807) is 6.92 Å². The Hall–Kier alpha value is -2.04. The van der Waals surface area contributed by atoms with Gasteiger partial charge in [-0.25, -0.2) is 0 Å². The normalized spacial score (nSPS) is 12.7. The molecule has 1 amide bonds. The van der Waals surface area contributed by atoms with E-state index in [-0.39, 0.29) is 18.3 Å². The number of ether oxygens (including phenoxy) is 1. The van der Waals surface area contributed by atoms with Crippen LogP contribution in [0.5, 0.6) is 5.75 Å². The number of carbonyl (C=O) groups is 1. The summed E-state index contributed by atoms with van der Waals surface area (Å²) in [5, 5.41) is 2.90. The van der Waals surface area contributed by atoms with Crippen LogP contribution in [0.3, 0.4) is 0 Å². The van der Waals surface area contributed by atoms with Gasteiger partial charge >= 0.3 is 0 Å². The molecule has 23 heavy (non-hydrogen) atoms. The Bertz CT molecular complexity index is 657. The number of aryl methyl sites for hydroxylation is 1. The third-order valence-electron chi connectivity index (χ3n) is 3.60. The molecule has 0 heterocycles. The molecule has 0 fully saturated rings. The van der Waals surface area contributed by atoms with E-state index in [2.05, 4.69) is 5.32 Å². The van der Waals surface area contributed by atoms with Gasteiger partial charge in [0.15, 0.2) is 0 Å². The zero-order chi connectivity index (χ0) is 16.2. The monoisotopic (exact) mass is 334 g/mol. The second kappa shape index (κ2) is 7.99. The number of rotatable bonds is 5. The van der Waals surface area contributed by atoms with Crippen LogP contribution in [0.15, 0.2) is 48.5 Å². The maximum Gasteiger partial charge on any atom is 0.248 e. The van der Waals surface area contributed by atoms with Gasteiger partial charge < -0.3 is 15.8 Å². The lowest BCUT2D eigenvalue weighted by molar-refractivity contribution is -0.120. The molecule has 1 unspecified atom stereocenters. The molecule has 1 atom stereocenters. The van der Waals surface area contributed by atoms with E-state index in [1.165, 1.54) is 0 Å². The molecule has 0 saturated heterocycles.